The van der Waals surface area contributed by atoms with Crippen molar-refractivity contribution in [2.75, 3.05) is 12.4 Å². The van der Waals surface area contributed by atoms with Crippen molar-refractivity contribution in [2.24, 2.45) is 0 Å². The number of carbonyl (C=O) groups is 2. The second-order valence-corrected chi connectivity index (χ2v) is 5.98. The van der Waals surface area contributed by atoms with Crippen molar-refractivity contribution in [1.82, 2.24) is 10.3 Å². The summed E-state index contributed by atoms with van der Waals surface area (Å²) in [5, 5.41) is 5.25. The zero-order valence-corrected chi connectivity index (χ0v) is 13.3. The minimum Gasteiger partial charge on any atom is -0.466 e. The molecule has 1 aromatic heterocycles. The molecule has 2 N–H and O–H groups in total. The average Bonchev–Trinajstić information content (AvgIpc) is 3.24. The molecule has 128 valence electrons. The van der Waals surface area contributed by atoms with E-state index in [1.165, 1.54) is 6.92 Å². The van der Waals surface area contributed by atoms with E-state index in [0.29, 0.717) is 5.69 Å². The SMILES string of the molecule is CCC(=O)N[C@](Nc1nc(C2CC2)cs1)(C(=O)OC)C(F)(F)F. The minimum absolute atomic E-state index is 0.106. The molecule has 23 heavy (non-hydrogen) atoms. The van der Waals surface area contributed by atoms with E-state index in [-0.39, 0.29) is 17.5 Å². The van der Waals surface area contributed by atoms with E-state index in [2.05, 4.69) is 9.72 Å². The van der Waals surface area contributed by atoms with Gasteiger partial charge < -0.3 is 15.4 Å². The van der Waals surface area contributed by atoms with Crippen LogP contribution in [0.1, 0.15) is 37.8 Å². The number of amides is 1. The Hall–Kier alpha value is -1.84. The quantitative estimate of drug-likeness (QED) is 0.608. The van der Waals surface area contributed by atoms with Gasteiger partial charge >= 0.3 is 17.8 Å². The normalized spacial score (nSPS) is 17.3. The molecule has 0 aromatic carbocycles. The summed E-state index contributed by atoms with van der Waals surface area (Å²) in [6, 6.07) is 0. The average molecular weight is 351 g/mol. The van der Waals surface area contributed by atoms with Gasteiger partial charge in [-0.25, -0.2) is 9.78 Å². The largest absolute Gasteiger partial charge is 0.466 e. The highest BCUT2D eigenvalue weighted by atomic mass is 32.1. The summed E-state index contributed by atoms with van der Waals surface area (Å²) in [5.41, 5.74) is -2.69. The third kappa shape index (κ3) is 3.57. The number of nitrogens with one attached hydrogen (secondary N) is 2. The molecule has 1 fully saturated rings. The monoisotopic (exact) mass is 351 g/mol. The van der Waals surface area contributed by atoms with E-state index in [0.717, 1.165) is 31.3 Å². The summed E-state index contributed by atoms with van der Waals surface area (Å²) >= 11 is 0.942. The molecule has 0 radical (unpaired) electrons. The van der Waals surface area contributed by atoms with E-state index < -0.39 is 23.7 Å². The van der Waals surface area contributed by atoms with Crippen LogP contribution in [0.5, 0.6) is 0 Å². The number of hydrogen-bond acceptors (Lipinski definition) is 6. The number of nitrogens with zero attached hydrogens (tertiary/aromatic N) is 1. The van der Waals surface area contributed by atoms with Crippen LogP contribution in [0.25, 0.3) is 0 Å². The number of carbonyl (C=O) groups excluding carboxylic acids is 2. The lowest BCUT2D eigenvalue weighted by Crippen LogP contribution is -2.69. The van der Waals surface area contributed by atoms with Crippen LogP contribution in [0.3, 0.4) is 0 Å². The first-order valence-corrected chi connectivity index (χ1v) is 7.81. The van der Waals surface area contributed by atoms with Gasteiger partial charge in [0.05, 0.1) is 12.8 Å². The van der Waals surface area contributed by atoms with E-state index in [1.807, 2.05) is 5.32 Å². The first kappa shape index (κ1) is 17.5. The van der Waals surface area contributed by atoms with Gasteiger partial charge in [-0.15, -0.1) is 11.3 Å². The van der Waals surface area contributed by atoms with E-state index in [1.54, 1.807) is 10.7 Å². The van der Waals surface area contributed by atoms with Crippen molar-refractivity contribution >= 4 is 28.3 Å². The molecule has 0 aliphatic heterocycles. The summed E-state index contributed by atoms with van der Waals surface area (Å²) in [5.74, 6) is -2.35. The van der Waals surface area contributed by atoms with Crippen LogP contribution in [0.15, 0.2) is 5.38 Å². The van der Waals surface area contributed by atoms with Crippen LogP contribution < -0.4 is 10.6 Å². The third-order valence-electron chi connectivity index (χ3n) is 3.38. The van der Waals surface area contributed by atoms with Crippen LogP contribution in [-0.2, 0) is 14.3 Å². The minimum atomic E-state index is -5.11. The molecule has 2 rings (SSSR count). The van der Waals surface area contributed by atoms with Crippen molar-refractivity contribution in [1.29, 1.82) is 0 Å². The number of ether oxygens (including phenoxy) is 1. The number of anilines is 1. The maximum absolute atomic E-state index is 13.6. The Labute approximate surface area is 134 Å². The van der Waals surface area contributed by atoms with E-state index >= 15 is 0 Å². The Balaban J connectivity index is 2.36. The second-order valence-electron chi connectivity index (χ2n) is 5.12. The predicted octanol–water partition coefficient (Wildman–Crippen LogP) is 2.39. The maximum Gasteiger partial charge on any atom is 0.442 e. The molecule has 0 bridgehead atoms. The highest BCUT2D eigenvalue weighted by molar-refractivity contribution is 7.13. The van der Waals surface area contributed by atoms with Gasteiger partial charge in [0.1, 0.15) is 0 Å². The fourth-order valence-electron chi connectivity index (χ4n) is 1.91. The van der Waals surface area contributed by atoms with Gasteiger partial charge in [-0.3, -0.25) is 4.79 Å². The van der Waals surface area contributed by atoms with Crippen molar-refractivity contribution in [2.45, 2.75) is 43.9 Å². The van der Waals surface area contributed by atoms with Gasteiger partial charge in [0, 0.05) is 17.7 Å². The number of alkyl halides is 3. The Morgan fingerprint density at radius 3 is 2.57 bits per heavy atom. The molecule has 1 atom stereocenters. The number of rotatable bonds is 6. The molecule has 1 aromatic rings. The number of hydrogen-bond donors (Lipinski definition) is 2. The summed E-state index contributed by atoms with van der Waals surface area (Å²) in [4.78, 5) is 27.4. The molecule has 0 spiro atoms. The number of methoxy groups -OCH3 is 1. The van der Waals surface area contributed by atoms with Crippen LogP contribution >= 0.6 is 11.3 Å². The fourth-order valence-corrected chi connectivity index (χ4v) is 2.76. The molecule has 1 heterocycles. The lowest BCUT2D eigenvalue weighted by atomic mass is 10.1. The first-order chi connectivity index (χ1) is 10.7. The molecule has 0 saturated heterocycles. The molecule has 0 unspecified atom stereocenters. The summed E-state index contributed by atoms with van der Waals surface area (Å²) < 4.78 is 45.0. The Bertz CT molecular complexity index is 601. The molecular formula is C13H16F3N3O3S. The maximum atomic E-state index is 13.6. The predicted molar refractivity (Wildman–Crippen MR) is 76.9 cm³/mol. The van der Waals surface area contributed by atoms with Gasteiger partial charge in [0.2, 0.25) is 5.91 Å². The summed E-state index contributed by atoms with van der Waals surface area (Å²) in [6.45, 7) is 1.38. The Kier molecular flexibility index (Phi) is 4.83. The van der Waals surface area contributed by atoms with Gasteiger partial charge in [0.25, 0.3) is 0 Å². The number of aromatic nitrogens is 1. The molecule has 1 aliphatic rings. The van der Waals surface area contributed by atoms with E-state index in [9.17, 15) is 22.8 Å². The van der Waals surface area contributed by atoms with Crippen molar-refractivity contribution < 1.29 is 27.5 Å². The topological polar surface area (TPSA) is 80.3 Å². The van der Waals surface area contributed by atoms with Crippen LogP contribution in [0, 0.1) is 0 Å². The molecular weight excluding hydrogens is 335 g/mol. The third-order valence-corrected chi connectivity index (χ3v) is 4.15. The molecule has 1 saturated carbocycles. The van der Waals surface area contributed by atoms with Gasteiger partial charge in [-0.2, -0.15) is 13.2 Å². The van der Waals surface area contributed by atoms with Gasteiger partial charge in [-0.1, -0.05) is 6.92 Å². The lowest BCUT2D eigenvalue weighted by Gasteiger charge is -2.33. The molecule has 1 amide bonds. The zero-order valence-electron chi connectivity index (χ0n) is 12.5. The number of halogens is 3. The standard InChI is InChI=1S/C13H16F3N3O3S/c1-3-9(20)18-12(10(21)22-2,13(14,15)16)19-11-17-8(6-23-11)7-4-5-7/h6-7H,3-5H2,1-2H3,(H,17,19)(H,18,20)/t12-/m0/s1. The van der Waals surface area contributed by atoms with Crippen LogP contribution in [0.2, 0.25) is 0 Å². The number of thiazole rings is 1. The molecule has 1 aliphatic carbocycles. The Morgan fingerprint density at radius 2 is 2.09 bits per heavy atom. The molecule has 10 heteroatoms. The van der Waals surface area contributed by atoms with Gasteiger partial charge in [-0.05, 0) is 12.8 Å². The van der Waals surface area contributed by atoms with E-state index in [4.69, 9.17) is 0 Å². The Morgan fingerprint density at radius 1 is 1.43 bits per heavy atom. The second kappa shape index (κ2) is 6.34. The highest BCUT2D eigenvalue weighted by Gasteiger charge is 2.63. The molecule has 6 nitrogen and oxygen atoms in total. The zero-order chi connectivity index (χ0) is 17.3. The summed E-state index contributed by atoms with van der Waals surface area (Å²) in [7, 11) is 0.820. The highest BCUT2D eigenvalue weighted by Crippen LogP contribution is 2.42. The lowest BCUT2D eigenvalue weighted by molar-refractivity contribution is -0.206. The van der Waals surface area contributed by atoms with Gasteiger partial charge in [0.15, 0.2) is 5.13 Å². The van der Waals surface area contributed by atoms with Crippen molar-refractivity contribution in [3.8, 4) is 0 Å². The fraction of sp³-hybridized carbons (Fsp3) is 0.615. The van der Waals surface area contributed by atoms with Crippen LogP contribution in [0.4, 0.5) is 18.3 Å². The first-order valence-electron chi connectivity index (χ1n) is 6.93. The smallest absolute Gasteiger partial charge is 0.442 e. The van der Waals surface area contributed by atoms with Crippen molar-refractivity contribution in [3.05, 3.63) is 11.1 Å². The summed E-state index contributed by atoms with van der Waals surface area (Å²) in [6.07, 6.45) is -3.45. The van der Waals surface area contributed by atoms with Crippen molar-refractivity contribution in [3.63, 3.8) is 0 Å². The van der Waals surface area contributed by atoms with Crippen LogP contribution in [-0.4, -0.2) is 35.8 Å². The number of esters is 1.